The van der Waals surface area contributed by atoms with E-state index in [1.54, 1.807) is 6.20 Å². The molecule has 0 aliphatic heterocycles. The van der Waals surface area contributed by atoms with Crippen molar-refractivity contribution in [2.45, 2.75) is 13.0 Å². The van der Waals surface area contributed by atoms with E-state index in [1.807, 2.05) is 36.6 Å². The Bertz CT molecular complexity index is 545. The molecular weight excluding hydrogens is 282 g/mol. The van der Waals surface area contributed by atoms with Gasteiger partial charge in [-0.3, -0.25) is 4.79 Å². The van der Waals surface area contributed by atoms with E-state index in [1.165, 1.54) is 11.3 Å². The number of amides is 1. The Morgan fingerprint density at radius 1 is 1.47 bits per heavy atom. The number of rotatable bonds is 5. The zero-order valence-electron chi connectivity index (χ0n) is 10.4. The fourth-order valence-corrected chi connectivity index (χ4v) is 2.48. The highest BCUT2D eigenvalue weighted by atomic mass is 35.5. The van der Waals surface area contributed by atoms with Crippen molar-refractivity contribution in [1.29, 1.82) is 0 Å². The summed E-state index contributed by atoms with van der Waals surface area (Å²) in [5.41, 5.74) is 0.978. The van der Waals surface area contributed by atoms with Crippen molar-refractivity contribution in [3.8, 4) is 0 Å². The van der Waals surface area contributed by atoms with Crippen molar-refractivity contribution < 1.29 is 4.79 Å². The van der Waals surface area contributed by atoms with Gasteiger partial charge >= 0.3 is 0 Å². The van der Waals surface area contributed by atoms with E-state index in [0.29, 0.717) is 10.2 Å². The lowest BCUT2D eigenvalue weighted by Crippen LogP contribution is -2.30. The second kappa shape index (κ2) is 6.65. The largest absolute Gasteiger partial charge is 0.302 e. The van der Waals surface area contributed by atoms with Crippen molar-refractivity contribution in [3.05, 3.63) is 46.4 Å². The highest BCUT2D eigenvalue weighted by Crippen LogP contribution is 2.21. The molecule has 0 bridgehead atoms. The number of carbonyl (C=O) groups is 1. The molecule has 4 nitrogen and oxygen atoms in total. The molecule has 19 heavy (non-hydrogen) atoms. The van der Waals surface area contributed by atoms with Gasteiger partial charge in [0.25, 0.3) is 0 Å². The number of halogens is 1. The van der Waals surface area contributed by atoms with E-state index < -0.39 is 0 Å². The third-order valence-corrected chi connectivity index (χ3v) is 3.65. The van der Waals surface area contributed by atoms with Crippen LogP contribution in [0.25, 0.3) is 0 Å². The quantitative estimate of drug-likeness (QED) is 0.891. The summed E-state index contributed by atoms with van der Waals surface area (Å²) in [6.45, 7) is 2.18. The Balaban J connectivity index is 1.85. The Kier molecular flexibility index (Phi) is 4.90. The Labute approximate surface area is 120 Å². The van der Waals surface area contributed by atoms with Gasteiger partial charge in [-0.2, -0.15) is 0 Å². The molecule has 2 aromatic rings. The van der Waals surface area contributed by atoms with Gasteiger partial charge in [0.15, 0.2) is 5.13 Å². The Morgan fingerprint density at radius 2 is 2.26 bits per heavy atom. The van der Waals surface area contributed by atoms with E-state index in [2.05, 4.69) is 15.6 Å². The van der Waals surface area contributed by atoms with Crippen molar-refractivity contribution in [3.63, 3.8) is 0 Å². The third-order valence-electron chi connectivity index (χ3n) is 2.62. The van der Waals surface area contributed by atoms with Gasteiger partial charge in [0.05, 0.1) is 6.54 Å². The zero-order chi connectivity index (χ0) is 13.7. The van der Waals surface area contributed by atoms with Crippen LogP contribution in [-0.2, 0) is 4.79 Å². The highest BCUT2D eigenvalue weighted by Gasteiger charge is 2.10. The van der Waals surface area contributed by atoms with Gasteiger partial charge < -0.3 is 10.6 Å². The van der Waals surface area contributed by atoms with Crippen molar-refractivity contribution >= 4 is 34.0 Å². The molecule has 0 aliphatic carbocycles. The van der Waals surface area contributed by atoms with E-state index in [-0.39, 0.29) is 18.5 Å². The minimum absolute atomic E-state index is 0.00995. The molecule has 1 atom stereocenters. The summed E-state index contributed by atoms with van der Waals surface area (Å²) in [6.07, 6.45) is 1.65. The number of nitrogens with zero attached hydrogens (tertiary/aromatic N) is 1. The van der Waals surface area contributed by atoms with Crippen molar-refractivity contribution in [1.82, 2.24) is 10.3 Å². The average Bonchev–Trinajstić information content (AvgIpc) is 2.89. The van der Waals surface area contributed by atoms with Crippen LogP contribution < -0.4 is 10.6 Å². The molecule has 0 saturated heterocycles. The molecule has 0 radical (unpaired) electrons. The molecule has 1 unspecified atom stereocenters. The number of hydrogen-bond acceptors (Lipinski definition) is 4. The molecule has 1 heterocycles. The molecule has 0 aliphatic rings. The van der Waals surface area contributed by atoms with E-state index in [4.69, 9.17) is 11.6 Å². The first kappa shape index (κ1) is 14.0. The van der Waals surface area contributed by atoms with Gasteiger partial charge in [-0.1, -0.05) is 29.8 Å². The van der Waals surface area contributed by atoms with Crippen molar-refractivity contribution in [2.24, 2.45) is 0 Å². The average molecular weight is 296 g/mol. The molecule has 1 amide bonds. The van der Waals surface area contributed by atoms with E-state index >= 15 is 0 Å². The molecule has 0 saturated carbocycles. The van der Waals surface area contributed by atoms with Crippen LogP contribution in [0.5, 0.6) is 0 Å². The number of nitrogens with one attached hydrogen (secondary N) is 2. The number of carbonyl (C=O) groups excluding carboxylic acids is 1. The second-order valence-electron chi connectivity index (χ2n) is 4.01. The summed E-state index contributed by atoms with van der Waals surface area (Å²) in [6, 6.07) is 7.60. The number of thiazole rings is 1. The second-order valence-corrected chi connectivity index (χ2v) is 5.31. The van der Waals surface area contributed by atoms with Crippen molar-refractivity contribution in [2.75, 3.05) is 11.9 Å². The van der Waals surface area contributed by atoms with Gasteiger partial charge in [0.2, 0.25) is 5.91 Å². The number of anilines is 1. The minimum Gasteiger partial charge on any atom is -0.302 e. The molecule has 1 aromatic heterocycles. The number of benzene rings is 1. The van der Waals surface area contributed by atoms with Gasteiger partial charge in [0.1, 0.15) is 0 Å². The van der Waals surface area contributed by atoms with E-state index in [0.717, 1.165) is 5.56 Å². The first-order valence-electron chi connectivity index (χ1n) is 5.84. The monoisotopic (exact) mass is 295 g/mol. The fraction of sp³-hybridized carbons (Fsp3) is 0.231. The van der Waals surface area contributed by atoms with Crippen LogP contribution in [0.1, 0.15) is 18.5 Å². The van der Waals surface area contributed by atoms with Gasteiger partial charge in [-0.15, -0.1) is 11.3 Å². The summed E-state index contributed by atoms with van der Waals surface area (Å²) in [4.78, 5) is 15.7. The van der Waals surface area contributed by atoms with Gasteiger partial charge in [0, 0.05) is 22.6 Å². The maximum Gasteiger partial charge on any atom is 0.240 e. The number of aromatic nitrogens is 1. The maximum atomic E-state index is 11.7. The molecule has 1 aromatic carbocycles. The molecule has 100 valence electrons. The summed E-state index contributed by atoms with van der Waals surface area (Å²) >= 11 is 7.49. The van der Waals surface area contributed by atoms with Gasteiger partial charge in [-0.05, 0) is 18.6 Å². The standard InChI is InChI=1S/C13H14ClN3OS/c1-9(10-4-2-3-5-11(10)14)16-8-12(18)17-13-15-6-7-19-13/h2-7,9,16H,8H2,1H3,(H,15,17,18). The van der Waals surface area contributed by atoms with Crippen LogP contribution in [0.4, 0.5) is 5.13 Å². The number of hydrogen-bond donors (Lipinski definition) is 2. The molecular formula is C13H14ClN3OS. The van der Waals surface area contributed by atoms with Gasteiger partial charge in [-0.25, -0.2) is 4.98 Å². The molecule has 2 rings (SSSR count). The van der Waals surface area contributed by atoms with Crippen LogP contribution in [-0.4, -0.2) is 17.4 Å². The lowest BCUT2D eigenvalue weighted by Gasteiger charge is -2.15. The van der Waals surface area contributed by atoms with Crippen LogP contribution >= 0.6 is 22.9 Å². The summed E-state index contributed by atoms with van der Waals surface area (Å²) in [7, 11) is 0. The first-order valence-corrected chi connectivity index (χ1v) is 7.09. The molecule has 6 heteroatoms. The molecule has 0 fully saturated rings. The van der Waals surface area contributed by atoms with Crippen LogP contribution in [0.2, 0.25) is 5.02 Å². The Hall–Kier alpha value is -1.43. The first-order chi connectivity index (χ1) is 9.16. The van der Waals surface area contributed by atoms with Crippen LogP contribution in [0.3, 0.4) is 0 Å². The lowest BCUT2D eigenvalue weighted by atomic mass is 10.1. The SMILES string of the molecule is CC(NCC(=O)Nc1nccs1)c1ccccc1Cl. The van der Waals surface area contributed by atoms with E-state index in [9.17, 15) is 4.79 Å². The normalized spacial score (nSPS) is 12.1. The predicted molar refractivity (Wildman–Crippen MR) is 78.6 cm³/mol. The molecule has 2 N–H and O–H groups in total. The summed E-state index contributed by atoms with van der Waals surface area (Å²) in [5.74, 6) is -0.117. The third kappa shape index (κ3) is 4.02. The van der Waals surface area contributed by atoms with Crippen LogP contribution in [0.15, 0.2) is 35.8 Å². The smallest absolute Gasteiger partial charge is 0.240 e. The predicted octanol–water partition coefficient (Wildman–Crippen LogP) is 3.09. The minimum atomic E-state index is -0.117. The zero-order valence-corrected chi connectivity index (χ0v) is 12.0. The lowest BCUT2D eigenvalue weighted by molar-refractivity contribution is -0.115. The topological polar surface area (TPSA) is 54.0 Å². The maximum absolute atomic E-state index is 11.7. The summed E-state index contributed by atoms with van der Waals surface area (Å²) < 4.78 is 0. The van der Waals surface area contributed by atoms with Crippen LogP contribution in [0, 0.1) is 0 Å². The molecule has 0 spiro atoms. The highest BCUT2D eigenvalue weighted by molar-refractivity contribution is 7.13. The summed E-state index contributed by atoms with van der Waals surface area (Å²) in [5, 5.41) is 8.97. The Morgan fingerprint density at radius 3 is 2.95 bits per heavy atom. The fourth-order valence-electron chi connectivity index (χ4n) is 1.63.